The molecule has 3 rings (SSSR count). The Morgan fingerprint density at radius 2 is 1.92 bits per heavy atom. The number of amides is 1. The van der Waals surface area contributed by atoms with Crippen LogP contribution in [0, 0.1) is 5.92 Å². The van der Waals surface area contributed by atoms with Crippen LogP contribution in [-0.2, 0) is 21.4 Å². The monoisotopic (exact) mass is 414 g/mol. The maximum atomic E-state index is 13.0. The summed E-state index contributed by atoms with van der Waals surface area (Å²) in [7, 11) is -3.15. The molecule has 24 heavy (non-hydrogen) atoms. The molecule has 0 radical (unpaired) electrons. The first kappa shape index (κ1) is 17.9. The van der Waals surface area contributed by atoms with Crippen LogP contribution in [0.3, 0.4) is 0 Å². The van der Waals surface area contributed by atoms with Gasteiger partial charge >= 0.3 is 0 Å². The number of halogens is 1. The van der Waals surface area contributed by atoms with E-state index in [0.717, 1.165) is 22.9 Å². The van der Waals surface area contributed by atoms with E-state index in [2.05, 4.69) is 22.0 Å². The first-order valence-corrected chi connectivity index (χ1v) is 11.0. The highest BCUT2D eigenvalue weighted by Gasteiger charge is 2.37. The van der Waals surface area contributed by atoms with E-state index in [1.54, 1.807) is 0 Å². The number of carbonyl (C=O) groups is 1. The van der Waals surface area contributed by atoms with Gasteiger partial charge in [0.1, 0.15) is 0 Å². The van der Waals surface area contributed by atoms with Crippen LogP contribution in [0.2, 0.25) is 0 Å². The molecule has 1 aliphatic carbocycles. The Morgan fingerprint density at radius 1 is 1.25 bits per heavy atom. The molecule has 1 aliphatic heterocycles. The van der Waals surface area contributed by atoms with Crippen molar-refractivity contribution in [1.29, 1.82) is 0 Å². The van der Waals surface area contributed by atoms with Gasteiger partial charge in [0.05, 0.1) is 6.26 Å². The summed E-state index contributed by atoms with van der Waals surface area (Å²) in [6.45, 7) is 1.53. The molecule has 2 fully saturated rings. The highest BCUT2D eigenvalue weighted by Crippen LogP contribution is 2.32. The highest BCUT2D eigenvalue weighted by molar-refractivity contribution is 9.10. The molecule has 5 nitrogen and oxygen atoms in total. The maximum Gasteiger partial charge on any atom is 0.226 e. The zero-order valence-corrected chi connectivity index (χ0v) is 16.2. The minimum Gasteiger partial charge on any atom is -0.335 e. The standard InChI is InChI=1S/C17H23BrN2O3S/c1-24(22,23)19-9-7-14(8-10-19)17(21)20(16-5-6-16)12-13-3-2-4-15(18)11-13/h2-4,11,14,16H,5-10,12H2,1H3. The molecule has 0 N–H and O–H groups in total. The summed E-state index contributed by atoms with van der Waals surface area (Å²) in [5.41, 5.74) is 1.12. The number of nitrogens with zero attached hydrogens (tertiary/aromatic N) is 2. The Labute approximate surface area is 152 Å². The number of piperidine rings is 1. The zero-order chi connectivity index (χ0) is 17.3. The van der Waals surface area contributed by atoms with Gasteiger partial charge in [-0.05, 0) is 43.4 Å². The van der Waals surface area contributed by atoms with Gasteiger partial charge < -0.3 is 4.90 Å². The van der Waals surface area contributed by atoms with Crippen LogP contribution in [-0.4, -0.2) is 48.9 Å². The first-order valence-electron chi connectivity index (χ1n) is 8.34. The second-order valence-corrected chi connectivity index (χ2v) is 9.66. The van der Waals surface area contributed by atoms with Crippen molar-refractivity contribution in [2.24, 2.45) is 5.92 Å². The smallest absolute Gasteiger partial charge is 0.226 e. The fourth-order valence-electron chi connectivity index (χ4n) is 3.27. The Bertz CT molecular complexity index is 710. The molecule has 7 heteroatoms. The van der Waals surface area contributed by atoms with E-state index in [-0.39, 0.29) is 11.8 Å². The predicted molar refractivity (Wildman–Crippen MR) is 96.9 cm³/mol. The largest absolute Gasteiger partial charge is 0.335 e. The molecular formula is C17H23BrN2O3S. The van der Waals surface area contributed by atoms with Gasteiger partial charge in [-0.15, -0.1) is 0 Å². The number of benzene rings is 1. The van der Waals surface area contributed by atoms with Gasteiger partial charge in [0.25, 0.3) is 0 Å². The van der Waals surface area contributed by atoms with Crippen molar-refractivity contribution in [3.63, 3.8) is 0 Å². The Balaban J connectivity index is 1.65. The summed E-state index contributed by atoms with van der Waals surface area (Å²) in [4.78, 5) is 15.0. The zero-order valence-electron chi connectivity index (χ0n) is 13.8. The van der Waals surface area contributed by atoms with Crippen LogP contribution in [0.4, 0.5) is 0 Å². The SMILES string of the molecule is CS(=O)(=O)N1CCC(C(=O)N(Cc2cccc(Br)c2)C2CC2)CC1. The maximum absolute atomic E-state index is 13.0. The van der Waals surface area contributed by atoms with E-state index in [1.165, 1.54) is 10.6 Å². The van der Waals surface area contributed by atoms with Crippen molar-refractivity contribution in [3.05, 3.63) is 34.3 Å². The van der Waals surface area contributed by atoms with Crippen molar-refractivity contribution in [2.45, 2.75) is 38.3 Å². The van der Waals surface area contributed by atoms with Crippen LogP contribution < -0.4 is 0 Å². The summed E-state index contributed by atoms with van der Waals surface area (Å²) in [5, 5.41) is 0. The number of sulfonamides is 1. The van der Waals surface area contributed by atoms with Crippen LogP contribution in [0.15, 0.2) is 28.7 Å². The van der Waals surface area contributed by atoms with Crippen molar-refractivity contribution < 1.29 is 13.2 Å². The van der Waals surface area contributed by atoms with Gasteiger partial charge in [0.2, 0.25) is 15.9 Å². The molecule has 1 aromatic carbocycles. The molecule has 1 heterocycles. The number of hydrogen-bond donors (Lipinski definition) is 0. The van der Waals surface area contributed by atoms with Crippen molar-refractivity contribution >= 4 is 31.9 Å². The lowest BCUT2D eigenvalue weighted by molar-refractivity contribution is -0.138. The Kier molecular flexibility index (Phi) is 5.32. The number of hydrogen-bond acceptors (Lipinski definition) is 3. The van der Waals surface area contributed by atoms with E-state index in [9.17, 15) is 13.2 Å². The fraction of sp³-hybridized carbons (Fsp3) is 0.588. The normalized spacial score (nSPS) is 20.1. The van der Waals surface area contributed by atoms with Crippen LogP contribution in [0.25, 0.3) is 0 Å². The fourth-order valence-corrected chi connectivity index (χ4v) is 4.59. The van der Waals surface area contributed by atoms with E-state index in [1.807, 2.05) is 23.1 Å². The predicted octanol–water partition coefficient (Wildman–Crippen LogP) is 2.61. The molecule has 132 valence electrons. The molecule has 0 bridgehead atoms. The van der Waals surface area contributed by atoms with Crippen molar-refractivity contribution in [1.82, 2.24) is 9.21 Å². The van der Waals surface area contributed by atoms with Gasteiger partial charge in [-0.2, -0.15) is 0 Å². The lowest BCUT2D eigenvalue weighted by Gasteiger charge is -2.33. The average Bonchev–Trinajstić information content (AvgIpc) is 3.36. The van der Waals surface area contributed by atoms with E-state index >= 15 is 0 Å². The number of carbonyl (C=O) groups excluding carboxylic acids is 1. The molecule has 0 unspecified atom stereocenters. The summed E-state index contributed by atoms with van der Waals surface area (Å²) in [5.74, 6) is 0.126. The summed E-state index contributed by atoms with van der Waals surface area (Å²) < 4.78 is 25.7. The Hall–Kier alpha value is -0.920. The summed E-state index contributed by atoms with van der Waals surface area (Å²) in [6, 6.07) is 8.41. The van der Waals surface area contributed by atoms with Gasteiger partial charge in [-0.3, -0.25) is 4.79 Å². The third-order valence-corrected chi connectivity index (χ3v) is 6.58. The molecular weight excluding hydrogens is 392 g/mol. The minimum absolute atomic E-state index is 0.0595. The Morgan fingerprint density at radius 3 is 2.46 bits per heavy atom. The van der Waals surface area contributed by atoms with Gasteiger partial charge in [-0.25, -0.2) is 12.7 Å². The molecule has 1 aromatic rings. The molecule has 0 spiro atoms. The molecule has 1 amide bonds. The van der Waals surface area contributed by atoms with Gasteiger partial charge in [-0.1, -0.05) is 28.1 Å². The second-order valence-electron chi connectivity index (χ2n) is 6.76. The van der Waals surface area contributed by atoms with Crippen LogP contribution in [0.1, 0.15) is 31.2 Å². The quantitative estimate of drug-likeness (QED) is 0.743. The van der Waals surface area contributed by atoms with E-state index < -0.39 is 10.0 Å². The molecule has 1 saturated carbocycles. The molecule has 2 aliphatic rings. The van der Waals surface area contributed by atoms with Crippen LogP contribution in [0.5, 0.6) is 0 Å². The van der Waals surface area contributed by atoms with E-state index in [4.69, 9.17) is 0 Å². The van der Waals surface area contributed by atoms with Gasteiger partial charge in [0.15, 0.2) is 0 Å². The first-order chi connectivity index (χ1) is 11.3. The highest BCUT2D eigenvalue weighted by atomic mass is 79.9. The van der Waals surface area contributed by atoms with E-state index in [0.29, 0.717) is 38.5 Å². The average molecular weight is 415 g/mol. The molecule has 1 saturated heterocycles. The lowest BCUT2D eigenvalue weighted by atomic mass is 9.96. The van der Waals surface area contributed by atoms with Crippen LogP contribution >= 0.6 is 15.9 Å². The van der Waals surface area contributed by atoms with Crippen molar-refractivity contribution in [2.75, 3.05) is 19.3 Å². The second kappa shape index (κ2) is 7.14. The van der Waals surface area contributed by atoms with Crippen molar-refractivity contribution in [3.8, 4) is 0 Å². The number of rotatable bonds is 5. The summed E-state index contributed by atoms with van der Waals surface area (Å²) >= 11 is 3.48. The van der Waals surface area contributed by atoms with Gasteiger partial charge in [0, 0.05) is 36.1 Å². The topological polar surface area (TPSA) is 57.7 Å². The summed E-state index contributed by atoms with van der Waals surface area (Å²) in [6.07, 6.45) is 4.62. The molecule has 0 aromatic heterocycles. The minimum atomic E-state index is -3.15. The molecule has 0 atom stereocenters. The third kappa shape index (κ3) is 4.37. The third-order valence-electron chi connectivity index (χ3n) is 4.78. The lowest BCUT2D eigenvalue weighted by Crippen LogP contribution is -2.44.